The van der Waals surface area contributed by atoms with Crippen molar-refractivity contribution in [2.75, 3.05) is 31.3 Å². The molecule has 0 amide bonds. The van der Waals surface area contributed by atoms with Crippen LogP contribution < -0.4 is 0 Å². The molecule has 1 saturated heterocycles. The van der Waals surface area contributed by atoms with Crippen molar-refractivity contribution in [2.24, 2.45) is 5.92 Å². The molecule has 1 aromatic carbocycles. The molecule has 2 atom stereocenters. The van der Waals surface area contributed by atoms with Gasteiger partial charge in [-0.05, 0) is 23.6 Å². The first-order chi connectivity index (χ1) is 9.92. The van der Waals surface area contributed by atoms with E-state index in [1.54, 1.807) is 12.1 Å². The molecule has 0 saturated carbocycles. The summed E-state index contributed by atoms with van der Waals surface area (Å²) in [4.78, 5) is 0. The van der Waals surface area contributed by atoms with Crippen LogP contribution in [0.1, 0.15) is 18.6 Å². The molecule has 1 aromatic rings. The van der Waals surface area contributed by atoms with Crippen molar-refractivity contribution in [3.8, 4) is 0 Å². The van der Waals surface area contributed by atoms with Crippen molar-refractivity contribution in [2.45, 2.75) is 13.0 Å². The minimum atomic E-state index is -3.35. The number of hydrogen-bond donors (Lipinski definition) is 0. The number of sulfonamides is 1. The second kappa shape index (κ2) is 7.05. The molecule has 0 N–H and O–H groups in total. The van der Waals surface area contributed by atoms with Crippen LogP contribution in [0.15, 0.2) is 24.3 Å². The fraction of sp³-hybridized carbons (Fsp3) is 0.571. The molecule has 0 aromatic heterocycles. The number of ether oxygens (including phenoxy) is 1. The molecule has 2 rings (SSSR count). The van der Waals surface area contributed by atoms with Gasteiger partial charge in [-0.25, -0.2) is 12.8 Å². The van der Waals surface area contributed by atoms with Gasteiger partial charge in [-0.2, -0.15) is 4.31 Å². The lowest BCUT2D eigenvalue weighted by molar-refractivity contribution is -0.00264. The molecule has 1 fully saturated rings. The van der Waals surface area contributed by atoms with Crippen molar-refractivity contribution < 1.29 is 17.5 Å². The van der Waals surface area contributed by atoms with Crippen LogP contribution in [0.2, 0.25) is 0 Å². The van der Waals surface area contributed by atoms with Crippen LogP contribution in [0.25, 0.3) is 0 Å². The summed E-state index contributed by atoms with van der Waals surface area (Å²) in [5.41, 5.74) is 0.779. The molecule has 1 aliphatic heterocycles. The van der Waals surface area contributed by atoms with Gasteiger partial charge in [0.05, 0.1) is 18.5 Å². The Morgan fingerprint density at radius 3 is 2.71 bits per heavy atom. The molecule has 21 heavy (non-hydrogen) atoms. The van der Waals surface area contributed by atoms with Crippen LogP contribution in [0, 0.1) is 11.7 Å². The smallest absolute Gasteiger partial charge is 0.214 e. The molecule has 0 aliphatic carbocycles. The SMILES string of the molecule is CC(CCl)CS(=O)(=O)N1CCOC(c2ccc(F)cc2)C1. The predicted molar refractivity (Wildman–Crippen MR) is 80.3 cm³/mol. The van der Waals surface area contributed by atoms with Crippen molar-refractivity contribution in [1.82, 2.24) is 4.31 Å². The Kier molecular flexibility index (Phi) is 5.60. The van der Waals surface area contributed by atoms with Crippen LogP contribution >= 0.6 is 11.6 Å². The predicted octanol–water partition coefficient (Wildman–Crippen LogP) is 2.40. The van der Waals surface area contributed by atoms with Gasteiger partial charge in [-0.15, -0.1) is 11.6 Å². The summed E-state index contributed by atoms with van der Waals surface area (Å²) in [6.45, 7) is 2.73. The van der Waals surface area contributed by atoms with Gasteiger partial charge in [-0.3, -0.25) is 0 Å². The third-order valence-corrected chi connectivity index (χ3v) is 6.06. The molecular formula is C14H19ClFNO3S. The Hall–Kier alpha value is -0.690. The second-order valence-electron chi connectivity index (χ2n) is 5.31. The quantitative estimate of drug-likeness (QED) is 0.776. The Morgan fingerprint density at radius 2 is 2.10 bits per heavy atom. The van der Waals surface area contributed by atoms with Gasteiger partial charge in [0, 0.05) is 19.0 Å². The van der Waals surface area contributed by atoms with Gasteiger partial charge in [0.15, 0.2) is 0 Å². The number of morpholine rings is 1. The van der Waals surface area contributed by atoms with Crippen LogP contribution in [0.3, 0.4) is 0 Å². The molecule has 0 bridgehead atoms. The normalized spacial score (nSPS) is 22.1. The topological polar surface area (TPSA) is 46.6 Å². The third kappa shape index (κ3) is 4.39. The maximum Gasteiger partial charge on any atom is 0.214 e. The van der Waals surface area contributed by atoms with E-state index in [1.807, 2.05) is 6.92 Å². The van der Waals surface area contributed by atoms with Crippen LogP contribution in [-0.2, 0) is 14.8 Å². The molecule has 2 unspecified atom stereocenters. The molecule has 1 heterocycles. The maximum absolute atomic E-state index is 12.9. The van der Waals surface area contributed by atoms with Crippen LogP contribution in [-0.4, -0.2) is 44.1 Å². The Bertz CT molecular complexity index is 564. The van der Waals surface area contributed by atoms with E-state index in [-0.39, 0.29) is 30.1 Å². The number of halogens is 2. The summed E-state index contributed by atoms with van der Waals surface area (Å²) >= 11 is 5.69. The highest BCUT2D eigenvalue weighted by Gasteiger charge is 2.31. The van der Waals surface area contributed by atoms with Crippen molar-refractivity contribution in [1.29, 1.82) is 0 Å². The molecule has 118 valence electrons. The van der Waals surface area contributed by atoms with E-state index in [0.717, 1.165) is 5.56 Å². The first-order valence-electron chi connectivity index (χ1n) is 6.83. The Labute approximate surface area is 129 Å². The average Bonchev–Trinajstić information content (AvgIpc) is 2.47. The van der Waals surface area contributed by atoms with Crippen LogP contribution in [0.5, 0.6) is 0 Å². The van der Waals surface area contributed by atoms with Gasteiger partial charge < -0.3 is 4.74 Å². The first-order valence-corrected chi connectivity index (χ1v) is 8.97. The van der Waals surface area contributed by atoms with Crippen molar-refractivity contribution >= 4 is 21.6 Å². The minimum Gasteiger partial charge on any atom is -0.371 e. The molecule has 7 heteroatoms. The standard InChI is InChI=1S/C14H19ClFNO3S/c1-11(8-15)10-21(18,19)17-6-7-20-14(9-17)12-2-4-13(16)5-3-12/h2-5,11,14H,6-10H2,1H3. The maximum atomic E-state index is 12.9. The van der Waals surface area contributed by atoms with E-state index < -0.39 is 10.0 Å². The Morgan fingerprint density at radius 1 is 1.43 bits per heavy atom. The lowest BCUT2D eigenvalue weighted by Crippen LogP contribution is -2.44. The van der Waals surface area contributed by atoms with Gasteiger partial charge >= 0.3 is 0 Å². The first kappa shape index (κ1) is 16.7. The van der Waals surface area contributed by atoms with E-state index in [2.05, 4.69) is 0 Å². The number of hydrogen-bond acceptors (Lipinski definition) is 3. The molecular weight excluding hydrogens is 317 g/mol. The zero-order valence-electron chi connectivity index (χ0n) is 11.8. The third-order valence-electron chi connectivity index (χ3n) is 3.42. The van der Waals surface area contributed by atoms with Gasteiger partial charge in [-0.1, -0.05) is 19.1 Å². The minimum absolute atomic E-state index is 0.0344. The highest BCUT2D eigenvalue weighted by Crippen LogP contribution is 2.24. The van der Waals surface area contributed by atoms with E-state index in [4.69, 9.17) is 16.3 Å². The van der Waals surface area contributed by atoms with Crippen LogP contribution in [0.4, 0.5) is 4.39 Å². The number of rotatable bonds is 5. The second-order valence-corrected chi connectivity index (χ2v) is 7.63. The highest BCUT2D eigenvalue weighted by molar-refractivity contribution is 7.89. The van der Waals surface area contributed by atoms with Gasteiger partial charge in [0.1, 0.15) is 5.82 Å². The molecule has 0 spiro atoms. The van der Waals surface area contributed by atoms with Gasteiger partial charge in [0.2, 0.25) is 10.0 Å². The summed E-state index contributed by atoms with van der Waals surface area (Å²) in [5.74, 6) is -0.0730. The number of benzene rings is 1. The lowest BCUT2D eigenvalue weighted by atomic mass is 10.1. The average molecular weight is 336 g/mol. The van der Waals surface area contributed by atoms with E-state index in [1.165, 1.54) is 16.4 Å². The fourth-order valence-electron chi connectivity index (χ4n) is 2.27. The monoisotopic (exact) mass is 335 g/mol. The molecule has 0 radical (unpaired) electrons. The van der Waals surface area contributed by atoms with Crippen molar-refractivity contribution in [3.05, 3.63) is 35.6 Å². The number of alkyl halides is 1. The summed E-state index contributed by atoms with van der Waals surface area (Å²) in [5, 5.41) is 0. The summed E-state index contributed by atoms with van der Waals surface area (Å²) < 4.78 is 44.7. The summed E-state index contributed by atoms with van der Waals surface area (Å²) in [7, 11) is -3.35. The lowest BCUT2D eigenvalue weighted by Gasteiger charge is -2.33. The van der Waals surface area contributed by atoms with Gasteiger partial charge in [0.25, 0.3) is 0 Å². The summed E-state index contributed by atoms with van der Waals surface area (Å²) in [6, 6.07) is 5.94. The zero-order valence-corrected chi connectivity index (χ0v) is 13.4. The largest absolute Gasteiger partial charge is 0.371 e. The fourth-order valence-corrected chi connectivity index (χ4v) is 4.27. The van der Waals surface area contributed by atoms with E-state index >= 15 is 0 Å². The highest BCUT2D eigenvalue weighted by atomic mass is 35.5. The van der Waals surface area contributed by atoms with E-state index in [9.17, 15) is 12.8 Å². The van der Waals surface area contributed by atoms with E-state index in [0.29, 0.717) is 19.0 Å². The zero-order chi connectivity index (χ0) is 15.5. The van der Waals surface area contributed by atoms with Crippen molar-refractivity contribution in [3.63, 3.8) is 0 Å². The molecule has 4 nitrogen and oxygen atoms in total. The molecule has 1 aliphatic rings. The summed E-state index contributed by atoms with van der Waals surface area (Å²) in [6.07, 6.45) is -0.361. The number of nitrogens with zero attached hydrogens (tertiary/aromatic N) is 1. The Balaban J connectivity index is 2.08.